The molecule has 1 heterocycles. The lowest BCUT2D eigenvalue weighted by atomic mass is 9.70. The molecule has 3 atom stereocenters. The quantitative estimate of drug-likeness (QED) is 0.266. The molecule has 1 aromatic rings. The molecule has 0 bridgehead atoms. The Hall–Kier alpha value is -3.05. The fourth-order valence-corrected chi connectivity index (χ4v) is 4.91. The Bertz CT molecular complexity index is 1080. The molecule has 1 fully saturated rings. The van der Waals surface area contributed by atoms with Gasteiger partial charge in [-0.25, -0.2) is 9.59 Å². The number of urea groups is 1. The van der Waals surface area contributed by atoms with Crippen LogP contribution in [0, 0.1) is 17.3 Å². The topological polar surface area (TPSA) is 149 Å². The Morgan fingerprint density at radius 2 is 1.68 bits per heavy atom. The third-order valence-corrected chi connectivity index (χ3v) is 7.41. The van der Waals surface area contributed by atoms with Crippen molar-refractivity contribution < 1.29 is 33.4 Å². The Balaban J connectivity index is 1.93. The number of hydrogen-bond acceptors (Lipinski definition) is 8. The zero-order chi connectivity index (χ0) is 31.1. The molecule has 1 aliphatic heterocycles. The second kappa shape index (κ2) is 14.2. The molecule has 1 saturated heterocycles. The van der Waals surface area contributed by atoms with E-state index in [0.29, 0.717) is 18.1 Å². The number of esters is 1. The SMILES string of the molecule is CC(C)C(N)C(=O)OCOC(=O)OC(C)(C)NC(=O)NC(C(=O)N1CCC(c2ccc(Cl)cc2)C(C)(C)C1)C(C)C. The fourth-order valence-electron chi connectivity index (χ4n) is 4.79. The van der Waals surface area contributed by atoms with Crippen LogP contribution in [0.5, 0.6) is 0 Å². The molecule has 41 heavy (non-hydrogen) atoms. The number of likely N-dealkylation sites (tertiary alicyclic amines) is 1. The van der Waals surface area contributed by atoms with Crippen molar-refractivity contribution in [3.63, 3.8) is 0 Å². The number of rotatable bonds is 10. The molecule has 3 unspecified atom stereocenters. The highest BCUT2D eigenvalue weighted by Crippen LogP contribution is 2.42. The summed E-state index contributed by atoms with van der Waals surface area (Å²) in [5.74, 6) is -0.994. The van der Waals surface area contributed by atoms with E-state index in [1.165, 1.54) is 19.4 Å². The average molecular weight is 597 g/mol. The molecule has 3 amide bonds. The van der Waals surface area contributed by atoms with Crippen LogP contribution in [0.4, 0.5) is 9.59 Å². The van der Waals surface area contributed by atoms with Gasteiger partial charge in [0.15, 0.2) is 5.72 Å². The lowest BCUT2D eigenvalue weighted by Crippen LogP contribution is -2.59. The summed E-state index contributed by atoms with van der Waals surface area (Å²) in [7, 11) is 0. The van der Waals surface area contributed by atoms with Gasteiger partial charge in [0.1, 0.15) is 12.1 Å². The first-order valence-corrected chi connectivity index (χ1v) is 14.2. The molecule has 230 valence electrons. The monoisotopic (exact) mass is 596 g/mol. The molecule has 0 aromatic heterocycles. The lowest BCUT2D eigenvalue weighted by molar-refractivity contribution is -0.157. The zero-order valence-corrected chi connectivity index (χ0v) is 26.0. The second-order valence-corrected chi connectivity index (χ2v) is 12.8. The molecule has 11 nitrogen and oxygen atoms in total. The van der Waals surface area contributed by atoms with Crippen molar-refractivity contribution in [3.05, 3.63) is 34.9 Å². The average Bonchev–Trinajstić information content (AvgIpc) is 2.85. The number of piperidine rings is 1. The lowest BCUT2D eigenvalue weighted by Gasteiger charge is -2.45. The van der Waals surface area contributed by atoms with Gasteiger partial charge >= 0.3 is 18.2 Å². The van der Waals surface area contributed by atoms with Gasteiger partial charge in [-0.15, -0.1) is 0 Å². The van der Waals surface area contributed by atoms with Crippen molar-refractivity contribution in [2.24, 2.45) is 23.0 Å². The maximum Gasteiger partial charge on any atom is 0.513 e. The van der Waals surface area contributed by atoms with Crippen molar-refractivity contribution in [1.29, 1.82) is 0 Å². The van der Waals surface area contributed by atoms with Gasteiger partial charge in [0.05, 0.1) is 0 Å². The van der Waals surface area contributed by atoms with E-state index in [-0.39, 0.29) is 29.1 Å². The van der Waals surface area contributed by atoms with Crippen molar-refractivity contribution >= 4 is 35.7 Å². The van der Waals surface area contributed by atoms with Crippen LogP contribution in [0.2, 0.25) is 5.02 Å². The number of nitrogens with two attached hydrogens (primary N) is 1. The third kappa shape index (κ3) is 10.1. The molecule has 0 aliphatic carbocycles. The number of ether oxygens (including phenoxy) is 3. The van der Waals surface area contributed by atoms with Crippen molar-refractivity contribution in [3.8, 4) is 0 Å². The van der Waals surface area contributed by atoms with E-state index in [1.54, 1.807) is 18.7 Å². The summed E-state index contributed by atoms with van der Waals surface area (Å²) in [5.41, 5.74) is 5.17. The molecule has 0 saturated carbocycles. The van der Waals surface area contributed by atoms with E-state index >= 15 is 0 Å². The van der Waals surface area contributed by atoms with E-state index in [9.17, 15) is 19.2 Å². The minimum Gasteiger partial charge on any atom is -0.427 e. The summed E-state index contributed by atoms with van der Waals surface area (Å²) in [6.45, 7) is 14.7. The Morgan fingerprint density at radius 3 is 2.22 bits per heavy atom. The number of nitrogens with zero attached hydrogens (tertiary/aromatic N) is 1. The fraction of sp³-hybridized carbons (Fsp3) is 0.655. The van der Waals surface area contributed by atoms with Gasteiger partial charge in [-0.3, -0.25) is 9.59 Å². The molecular weight excluding hydrogens is 552 g/mol. The molecular formula is C29H45ClN4O7. The molecule has 0 spiro atoms. The number of hydrogen-bond donors (Lipinski definition) is 3. The van der Waals surface area contributed by atoms with Crippen LogP contribution in [0.1, 0.15) is 73.3 Å². The number of carbonyl (C=O) groups excluding carboxylic acids is 4. The van der Waals surface area contributed by atoms with E-state index in [4.69, 9.17) is 31.5 Å². The largest absolute Gasteiger partial charge is 0.513 e. The summed E-state index contributed by atoms with van der Waals surface area (Å²) >= 11 is 6.06. The molecule has 1 aromatic carbocycles. The van der Waals surface area contributed by atoms with Crippen LogP contribution < -0.4 is 16.4 Å². The summed E-state index contributed by atoms with van der Waals surface area (Å²) in [5, 5.41) is 5.94. The maximum atomic E-state index is 13.6. The van der Waals surface area contributed by atoms with Gasteiger partial charge in [-0.1, -0.05) is 65.3 Å². The molecule has 4 N–H and O–H groups in total. The van der Waals surface area contributed by atoms with Crippen LogP contribution in [-0.2, 0) is 23.8 Å². The Morgan fingerprint density at radius 1 is 1.07 bits per heavy atom. The first-order valence-electron chi connectivity index (χ1n) is 13.8. The van der Waals surface area contributed by atoms with Crippen molar-refractivity contribution in [2.45, 2.75) is 85.5 Å². The van der Waals surface area contributed by atoms with Crippen molar-refractivity contribution in [1.82, 2.24) is 15.5 Å². The van der Waals surface area contributed by atoms with Gasteiger partial charge in [-0.2, -0.15) is 0 Å². The predicted molar refractivity (Wildman–Crippen MR) is 155 cm³/mol. The second-order valence-electron chi connectivity index (χ2n) is 12.3. The molecule has 12 heteroatoms. The standard InChI is InChI=1S/C29H45ClN4O7/c1-17(2)22(31)25(36)39-16-40-27(38)41-29(7,8)33-26(37)32-23(18(3)4)24(35)34-14-13-21(28(5,6)15-34)19-9-11-20(30)12-10-19/h9-12,17-18,21-23H,13-16,31H2,1-8H3,(H2,32,33,37). The molecule has 0 radical (unpaired) electrons. The van der Waals surface area contributed by atoms with E-state index in [1.807, 2.05) is 38.1 Å². The highest BCUT2D eigenvalue weighted by molar-refractivity contribution is 6.30. The minimum atomic E-state index is -1.50. The van der Waals surface area contributed by atoms with E-state index in [0.717, 1.165) is 6.42 Å². The van der Waals surface area contributed by atoms with Gasteiger partial charge in [0, 0.05) is 18.1 Å². The number of halogens is 1. The zero-order valence-electron chi connectivity index (χ0n) is 25.3. The maximum absolute atomic E-state index is 13.6. The highest BCUT2D eigenvalue weighted by atomic mass is 35.5. The molecule has 1 aliphatic rings. The van der Waals surface area contributed by atoms with Gasteiger partial charge in [0.2, 0.25) is 12.7 Å². The summed E-state index contributed by atoms with van der Waals surface area (Å²) in [4.78, 5) is 52.1. The number of carbonyl (C=O) groups is 4. The van der Waals surface area contributed by atoms with Gasteiger partial charge in [-0.05, 0) is 61.1 Å². The number of amides is 3. The van der Waals surface area contributed by atoms with Crippen LogP contribution >= 0.6 is 11.6 Å². The van der Waals surface area contributed by atoms with Gasteiger partial charge in [0.25, 0.3) is 0 Å². The Labute approximate surface area is 247 Å². The minimum absolute atomic E-state index is 0.148. The normalized spacial score (nSPS) is 18.3. The first kappa shape index (κ1) is 34.2. The Kier molecular flexibility index (Phi) is 11.8. The highest BCUT2D eigenvalue weighted by Gasteiger charge is 2.41. The molecule has 2 rings (SSSR count). The van der Waals surface area contributed by atoms with Crippen LogP contribution in [0.3, 0.4) is 0 Å². The van der Waals surface area contributed by atoms with Crippen LogP contribution in [0.15, 0.2) is 24.3 Å². The first-order chi connectivity index (χ1) is 18.9. The van der Waals surface area contributed by atoms with Crippen LogP contribution in [0.25, 0.3) is 0 Å². The number of nitrogens with one attached hydrogen (secondary N) is 2. The van der Waals surface area contributed by atoms with E-state index in [2.05, 4.69) is 24.5 Å². The number of benzene rings is 1. The summed E-state index contributed by atoms with van der Waals surface area (Å²) in [6, 6.07) is 5.47. The smallest absolute Gasteiger partial charge is 0.427 e. The van der Waals surface area contributed by atoms with E-state index < -0.39 is 42.8 Å². The predicted octanol–water partition coefficient (Wildman–Crippen LogP) is 4.38. The van der Waals surface area contributed by atoms with Crippen molar-refractivity contribution in [2.75, 3.05) is 19.9 Å². The summed E-state index contributed by atoms with van der Waals surface area (Å²) in [6.07, 6.45) is -0.387. The van der Waals surface area contributed by atoms with Crippen LogP contribution in [-0.4, -0.2) is 66.7 Å². The van der Waals surface area contributed by atoms with Gasteiger partial charge < -0.3 is 35.5 Å². The third-order valence-electron chi connectivity index (χ3n) is 7.15. The summed E-state index contributed by atoms with van der Waals surface area (Å²) < 4.78 is 14.7.